The first-order valence-electron chi connectivity index (χ1n) is 5.70. The zero-order valence-corrected chi connectivity index (χ0v) is 11.8. The Balaban J connectivity index is 2.27. The lowest BCUT2D eigenvalue weighted by Crippen LogP contribution is -2.32. The van der Waals surface area contributed by atoms with Crippen LogP contribution in [0.4, 0.5) is 0 Å². The largest absolute Gasteiger partial charge is 0.308 e. The van der Waals surface area contributed by atoms with E-state index in [1.165, 1.54) is 12.8 Å². The fourth-order valence-corrected chi connectivity index (χ4v) is 2.84. The van der Waals surface area contributed by atoms with Crippen molar-refractivity contribution >= 4 is 33.4 Å². The van der Waals surface area contributed by atoms with E-state index in [0.717, 1.165) is 22.9 Å². The molecule has 2 rings (SSSR count). The maximum Gasteiger partial charge on any atom is 0.144 e. The van der Waals surface area contributed by atoms with Crippen LogP contribution in [0.5, 0.6) is 0 Å². The van der Waals surface area contributed by atoms with E-state index in [0.29, 0.717) is 16.9 Å². The molecule has 1 aromatic carbocycles. The standard InChI is InChI=1S/C12H15BrClN3/c13-8-5-6-10(11(14)7-8)12(17-15)16-9-3-1-2-4-9/h5-7,9H,1-4,15H2,(H,16,17). The van der Waals surface area contributed by atoms with Crippen LogP contribution in [0.1, 0.15) is 31.2 Å². The minimum Gasteiger partial charge on any atom is -0.308 e. The van der Waals surface area contributed by atoms with Crippen LogP contribution in [-0.2, 0) is 0 Å². The molecule has 1 saturated carbocycles. The normalized spacial score (nSPS) is 17.5. The molecule has 1 aliphatic carbocycles. The van der Waals surface area contributed by atoms with E-state index in [9.17, 15) is 0 Å². The van der Waals surface area contributed by atoms with E-state index in [-0.39, 0.29) is 0 Å². The van der Waals surface area contributed by atoms with E-state index >= 15 is 0 Å². The van der Waals surface area contributed by atoms with Crippen molar-refractivity contribution < 1.29 is 0 Å². The summed E-state index contributed by atoms with van der Waals surface area (Å²) in [6.07, 6.45) is 4.78. The number of halogens is 2. The number of rotatable bonds is 2. The van der Waals surface area contributed by atoms with Gasteiger partial charge in [-0.25, -0.2) is 5.84 Å². The number of hydrazine groups is 1. The van der Waals surface area contributed by atoms with Gasteiger partial charge in [0.05, 0.1) is 11.1 Å². The average molecular weight is 317 g/mol. The summed E-state index contributed by atoms with van der Waals surface area (Å²) in [4.78, 5) is 4.64. The van der Waals surface area contributed by atoms with Crippen molar-refractivity contribution in [3.8, 4) is 0 Å². The molecule has 0 saturated heterocycles. The Morgan fingerprint density at radius 1 is 1.41 bits per heavy atom. The summed E-state index contributed by atoms with van der Waals surface area (Å²) in [5, 5.41) is 0.647. The second kappa shape index (κ2) is 5.85. The molecule has 0 unspecified atom stereocenters. The number of benzene rings is 1. The highest BCUT2D eigenvalue weighted by Gasteiger charge is 2.16. The summed E-state index contributed by atoms with van der Waals surface area (Å²) in [5.41, 5.74) is 3.51. The number of hydrogen-bond donors (Lipinski definition) is 2. The zero-order valence-electron chi connectivity index (χ0n) is 9.42. The second-order valence-corrected chi connectivity index (χ2v) is 5.51. The number of aliphatic imine (C=N–C) groups is 1. The Labute approximate surface area is 115 Å². The summed E-state index contributed by atoms with van der Waals surface area (Å²) in [6, 6.07) is 6.07. The molecule has 92 valence electrons. The van der Waals surface area contributed by atoms with Crippen molar-refractivity contribution in [2.75, 3.05) is 0 Å². The molecule has 0 amide bonds. The van der Waals surface area contributed by atoms with Crippen LogP contribution in [0, 0.1) is 0 Å². The van der Waals surface area contributed by atoms with Gasteiger partial charge in [0.25, 0.3) is 0 Å². The van der Waals surface area contributed by atoms with Crippen LogP contribution in [0.2, 0.25) is 5.02 Å². The van der Waals surface area contributed by atoms with Gasteiger partial charge >= 0.3 is 0 Å². The van der Waals surface area contributed by atoms with Gasteiger partial charge in [-0.1, -0.05) is 40.4 Å². The predicted molar refractivity (Wildman–Crippen MR) is 75.3 cm³/mol. The molecule has 0 atom stereocenters. The molecule has 1 aromatic rings. The van der Waals surface area contributed by atoms with E-state index in [1.54, 1.807) is 0 Å². The third kappa shape index (κ3) is 3.21. The highest BCUT2D eigenvalue weighted by Crippen LogP contribution is 2.24. The first-order chi connectivity index (χ1) is 8.20. The molecule has 0 spiro atoms. The molecule has 0 radical (unpaired) electrons. The summed E-state index contributed by atoms with van der Waals surface area (Å²) >= 11 is 9.56. The molecule has 17 heavy (non-hydrogen) atoms. The van der Waals surface area contributed by atoms with Gasteiger partial charge in [0.2, 0.25) is 0 Å². The minimum absolute atomic E-state index is 0.376. The van der Waals surface area contributed by atoms with Gasteiger partial charge in [-0.05, 0) is 31.0 Å². The van der Waals surface area contributed by atoms with Gasteiger partial charge < -0.3 is 5.43 Å². The number of nitrogens with zero attached hydrogens (tertiary/aromatic N) is 1. The Morgan fingerprint density at radius 3 is 2.71 bits per heavy atom. The van der Waals surface area contributed by atoms with Crippen LogP contribution in [-0.4, -0.2) is 11.9 Å². The van der Waals surface area contributed by atoms with Crippen molar-refractivity contribution in [1.82, 2.24) is 5.43 Å². The molecular weight excluding hydrogens is 302 g/mol. The van der Waals surface area contributed by atoms with Gasteiger partial charge in [0, 0.05) is 10.0 Å². The Morgan fingerprint density at radius 2 is 2.12 bits per heavy atom. The van der Waals surface area contributed by atoms with Crippen molar-refractivity contribution in [2.45, 2.75) is 31.7 Å². The first-order valence-corrected chi connectivity index (χ1v) is 6.87. The van der Waals surface area contributed by atoms with Crippen LogP contribution in [0.15, 0.2) is 27.7 Å². The average Bonchev–Trinajstić information content (AvgIpc) is 2.79. The smallest absolute Gasteiger partial charge is 0.144 e. The maximum absolute atomic E-state index is 6.18. The third-order valence-electron chi connectivity index (χ3n) is 2.96. The summed E-state index contributed by atoms with van der Waals surface area (Å²) in [7, 11) is 0. The molecule has 0 heterocycles. The molecular formula is C12H15BrClN3. The Hall–Kier alpha value is -0.580. The van der Waals surface area contributed by atoms with Gasteiger partial charge in [0.15, 0.2) is 0 Å². The van der Waals surface area contributed by atoms with E-state index in [2.05, 4.69) is 26.3 Å². The number of nitrogens with two attached hydrogens (primary N) is 1. The fraction of sp³-hybridized carbons (Fsp3) is 0.417. The molecule has 0 aromatic heterocycles. The van der Waals surface area contributed by atoms with Gasteiger partial charge in [-0.15, -0.1) is 0 Å². The molecule has 1 fully saturated rings. The zero-order chi connectivity index (χ0) is 12.3. The monoisotopic (exact) mass is 315 g/mol. The lowest BCUT2D eigenvalue weighted by molar-refractivity contribution is 0.701. The third-order valence-corrected chi connectivity index (χ3v) is 3.77. The van der Waals surface area contributed by atoms with Gasteiger partial charge in [-0.2, -0.15) is 0 Å². The highest BCUT2D eigenvalue weighted by molar-refractivity contribution is 9.10. The molecule has 0 aliphatic heterocycles. The first kappa shape index (κ1) is 12.9. The summed E-state index contributed by atoms with van der Waals surface area (Å²) in [6.45, 7) is 0. The lowest BCUT2D eigenvalue weighted by Gasteiger charge is -2.11. The number of hydrogen-bond acceptors (Lipinski definition) is 2. The second-order valence-electron chi connectivity index (χ2n) is 4.18. The molecule has 3 nitrogen and oxygen atoms in total. The molecule has 5 heteroatoms. The van der Waals surface area contributed by atoms with Crippen LogP contribution >= 0.6 is 27.5 Å². The van der Waals surface area contributed by atoms with Crippen molar-refractivity contribution in [3.63, 3.8) is 0 Å². The van der Waals surface area contributed by atoms with E-state index in [4.69, 9.17) is 17.4 Å². The maximum atomic E-state index is 6.18. The van der Waals surface area contributed by atoms with Crippen LogP contribution < -0.4 is 11.3 Å². The van der Waals surface area contributed by atoms with E-state index < -0.39 is 0 Å². The minimum atomic E-state index is 0.376. The Kier molecular flexibility index (Phi) is 4.42. The van der Waals surface area contributed by atoms with Crippen LogP contribution in [0.3, 0.4) is 0 Å². The predicted octanol–water partition coefficient (Wildman–Crippen LogP) is 3.26. The summed E-state index contributed by atoms with van der Waals surface area (Å²) < 4.78 is 0.948. The molecule has 3 N–H and O–H groups in total. The lowest BCUT2D eigenvalue weighted by atomic mass is 10.2. The van der Waals surface area contributed by atoms with Gasteiger partial charge in [0.1, 0.15) is 5.84 Å². The van der Waals surface area contributed by atoms with E-state index in [1.807, 2.05) is 18.2 Å². The number of amidine groups is 1. The molecule has 1 aliphatic rings. The van der Waals surface area contributed by atoms with Crippen molar-refractivity contribution in [1.29, 1.82) is 0 Å². The van der Waals surface area contributed by atoms with Crippen molar-refractivity contribution in [2.24, 2.45) is 10.8 Å². The highest BCUT2D eigenvalue weighted by atomic mass is 79.9. The SMILES string of the molecule is NNC(=NC1CCCC1)c1ccc(Br)cc1Cl. The fourth-order valence-electron chi connectivity index (χ4n) is 2.08. The molecule has 0 bridgehead atoms. The van der Waals surface area contributed by atoms with Gasteiger partial charge in [-0.3, -0.25) is 4.99 Å². The Bertz CT molecular complexity index is 428. The quantitative estimate of drug-likeness (QED) is 0.381. The summed E-state index contributed by atoms with van der Waals surface area (Å²) in [5.74, 6) is 6.21. The number of nitrogens with one attached hydrogen (secondary N) is 1. The topological polar surface area (TPSA) is 50.4 Å². The van der Waals surface area contributed by atoms with Crippen molar-refractivity contribution in [3.05, 3.63) is 33.3 Å². The van der Waals surface area contributed by atoms with Crippen LogP contribution in [0.25, 0.3) is 0 Å².